The zero-order valence-electron chi connectivity index (χ0n) is 10.7. The van der Waals surface area contributed by atoms with E-state index in [1.54, 1.807) is 4.80 Å². The molecule has 3 aromatic carbocycles. The molecular formula is C16H12N4. The van der Waals surface area contributed by atoms with E-state index >= 15 is 0 Å². The fraction of sp³-hybridized carbons (Fsp3) is 0. The Hall–Kier alpha value is -2.88. The van der Waals surface area contributed by atoms with Gasteiger partial charge in [0, 0.05) is 11.1 Å². The maximum Gasteiger partial charge on any atom is 0.121 e. The molecule has 1 heterocycles. The van der Waals surface area contributed by atoms with E-state index in [0.717, 1.165) is 27.8 Å². The zero-order valence-corrected chi connectivity index (χ0v) is 10.7. The van der Waals surface area contributed by atoms with Gasteiger partial charge in [0.15, 0.2) is 0 Å². The number of rotatable bonds is 1. The number of nitrogens with zero attached hydrogens (tertiary/aromatic N) is 3. The molecule has 0 saturated carbocycles. The average Bonchev–Trinajstić information content (AvgIpc) is 2.92. The molecule has 4 rings (SSSR count). The quantitative estimate of drug-likeness (QED) is 0.535. The number of hydrogen-bond acceptors (Lipinski definition) is 3. The number of anilines is 1. The van der Waals surface area contributed by atoms with Crippen molar-refractivity contribution in [3.63, 3.8) is 0 Å². The number of nitrogens with two attached hydrogens (primary N) is 1. The van der Waals surface area contributed by atoms with Gasteiger partial charge < -0.3 is 5.73 Å². The molecular weight excluding hydrogens is 248 g/mol. The second-order valence-corrected chi connectivity index (χ2v) is 4.74. The lowest BCUT2D eigenvalue weighted by atomic mass is 10.1. The molecule has 0 amide bonds. The van der Waals surface area contributed by atoms with Crippen LogP contribution in [0.4, 0.5) is 5.69 Å². The minimum absolute atomic E-state index is 0.732. The fourth-order valence-corrected chi connectivity index (χ4v) is 2.37. The highest BCUT2D eigenvalue weighted by atomic mass is 15.5. The van der Waals surface area contributed by atoms with Crippen LogP contribution >= 0.6 is 0 Å². The lowest BCUT2D eigenvalue weighted by molar-refractivity contribution is 0.766. The molecule has 2 N–H and O–H groups in total. The third-order valence-electron chi connectivity index (χ3n) is 3.40. The number of aromatic nitrogens is 3. The second kappa shape index (κ2) is 4.06. The van der Waals surface area contributed by atoms with Crippen molar-refractivity contribution in [2.75, 3.05) is 5.73 Å². The van der Waals surface area contributed by atoms with Crippen LogP contribution in [-0.4, -0.2) is 15.0 Å². The monoisotopic (exact) mass is 260 g/mol. The van der Waals surface area contributed by atoms with E-state index in [2.05, 4.69) is 28.4 Å². The van der Waals surface area contributed by atoms with Crippen molar-refractivity contribution in [3.05, 3.63) is 60.7 Å². The predicted molar refractivity (Wildman–Crippen MR) is 80.8 cm³/mol. The van der Waals surface area contributed by atoms with Gasteiger partial charge in [0.05, 0.1) is 5.69 Å². The molecule has 0 spiro atoms. The van der Waals surface area contributed by atoms with Crippen molar-refractivity contribution in [1.29, 1.82) is 0 Å². The normalized spacial score (nSPS) is 11.2. The van der Waals surface area contributed by atoms with Gasteiger partial charge in [-0.1, -0.05) is 30.3 Å². The Kier molecular flexibility index (Phi) is 2.23. The van der Waals surface area contributed by atoms with E-state index in [0.29, 0.717) is 0 Å². The lowest BCUT2D eigenvalue weighted by Crippen LogP contribution is -1.98. The summed E-state index contributed by atoms with van der Waals surface area (Å²) in [5, 5.41) is 11.4. The molecule has 0 fully saturated rings. The third-order valence-corrected chi connectivity index (χ3v) is 3.40. The maximum atomic E-state index is 5.70. The van der Waals surface area contributed by atoms with Crippen LogP contribution in [0, 0.1) is 0 Å². The Morgan fingerprint density at radius 3 is 2.45 bits per heavy atom. The summed E-state index contributed by atoms with van der Waals surface area (Å²) in [4.78, 5) is 1.65. The van der Waals surface area contributed by atoms with Crippen molar-refractivity contribution >= 4 is 27.5 Å². The van der Waals surface area contributed by atoms with Crippen molar-refractivity contribution in [1.82, 2.24) is 15.0 Å². The van der Waals surface area contributed by atoms with Gasteiger partial charge in [-0.2, -0.15) is 4.80 Å². The second-order valence-electron chi connectivity index (χ2n) is 4.74. The van der Waals surface area contributed by atoms with Gasteiger partial charge in [0.1, 0.15) is 11.0 Å². The first-order valence-corrected chi connectivity index (χ1v) is 6.42. The first kappa shape index (κ1) is 11.0. The van der Waals surface area contributed by atoms with Crippen LogP contribution in [-0.2, 0) is 0 Å². The average molecular weight is 260 g/mol. The van der Waals surface area contributed by atoms with Crippen LogP contribution in [0.25, 0.3) is 27.5 Å². The molecule has 96 valence electrons. The molecule has 0 bridgehead atoms. The summed E-state index contributed by atoms with van der Waals surface area (Å²) in [7, 11) is 0. The smallest absolute Gasteiger partial charge is 0.121 e. The number of hydrogen-bond donors (Lipinski definition) is 1. The van der Waals surface area contributed by atoms with Gasteiger partial charge in [-0.05, 0) is 35.7 Å². The van der Waals surface area contributed by atoms with E-state index in [-0.39, 0.29) is 0 Å². The standard InChI is InChI=1S/C16H12N4/c17-12-6-8-13(9-7-12)20-18-15-10-5-11-3-1-2-4-14(11)16(15)19-20/h1-10H,17H2. The first-order valence-electron chi connectivity index (χ1n) is 6.42. The van der Waals surface area contributed by atoms with Gasteiger partial charge >= 0.3 is 0 Å². The summed E-state index contributed by atoms with van der Waals surface area (Å²) >= 11 is 0. The van der Waals surface area contributed by atoms with Crippen LogP contribution in [0.5, 0.6) is 0 Å². The van der Waals surface area contributed by atoms with E-state index in [9.17, 15) is 0 Å². The Morgan fingerprint density at radius 2 is 1.60 bits per heavy atom. The number of benzene rings is 3. The molecule has 4 heteroatoms. The molecule has 0 aliphatic carbocycles. The fourth-order valence-electron chi connectivity index (χ4n) is 2.37. The number of fused-ring (bicyclic) bond motifs is 3. The highest BCUT2D eigenvalue weighted by Gasteiger charge is 2.07. The molecule has 0 atom stereocenters. The Labute approximate surface area is 115 Å². The topological polar surface area (TPSA) is 56.7 Å². The molecule has 20 heavy (non-hydrogen) atoms. The Bertz CT molecular complexity index is 907. The summed E-state index contributed by atoms with van der Waals surface area (Å²) in [6, 6.07) is 19.8. The minimum Gasteiger partial charge on any atom is -0.399 e. The molecule has 0 aliphatic heterocycles. The Balaban J connectivity index is 1.98. The van der Waals surface area contributed by atoms with Crippen LogP contribution in [0.1, 0.15) is 0 Å². The van der Waals surface area contributed by atoms with Gasteiger partial charge in [-0.3, -0.25) is 0 Å². The largest absolute Gasteiger partial charge is 0.399 e. The molecule has 1 aromatic heterocycles. The first-order chi connectivity index (χ1) is 9.81. The van der Waals surface area contributed by atoms with Crippen molar-refractivity contribution in [3.8, 4) is 5.69 Å². The molecule has 0 aliphatic rings. The van der Waals surface area contributed by atoms with Gasteiger partial charge in [-0.25, -0.2) is 0 Å². The number of nitrogen functional groups attached to an aromatic ring is 1. The minimum atomic E-state index is 0.732. The molecule has 4 aromatic rings. The van der Waals surface area contributed by atoms with Crippen molar-refractivity contribution in [2.45, 2.75) is 0 Å². The summed E-state index contributed by atoms with van der Waals surface area (Å²) in [6.07, 6.45) is 0. The third kappa shape index (κ3) is 1.62. The molecule has 0 unspecified atom stereocenters. The molecule has 0 radical (unpaired) electrons. The van der Waals surface area contributed by atoms with E-state index in [4.69, 9.17) is 5.73 Å². The van der Waals surface area contributed by atoms with Crippen LogP contribution in [0.2, 0.25) is 0 Å². The highest BCUT2D eigenvalue weighted by Crippen LogP contribution is 2.23. The van der Waals surface area contributed by atoms with Gasteiger partial charge in [-0.15, -0.1) is 10.2 Å². The summed E-state index contributed by atoms with van der Waals surface area (Å²) < 4.78 is 0. The summed E-state index contributed by atoms with van der Waals surface area (Å²) in [5.41, 5.74) is 9.14. The van der Waals surface area contributed by atoms with E-state index in [1.165, 1.54) is 5.39 Å². The highest BCUT2D eigenvalue weighted by molar-refractivity contribution is 6.03. The van der Waals surface area contributed by atoms with Crippen LogP contribution < -0.4 is 5.73 Å². The SMILES string of the molecule is Nc1ccc(-n2nc3ccc4ccccc4c3n2)cc1. The maximum absolute atomic E-state index is 5.70. The van der Waals surface area contributed by atoms with Crippen molar-refractivity contribution < 1.29 is 0 Å². The van der Waals surface area contributed by atoms with Crippen LogP contribution in [0.3, 0.4) is 0 Å². The van der Waals surface area contributed by atoms with Gasteiger partial charge in [0.2, 0.25) is 0 Å². The lowest BCUT2D eigenvalue weighted by Gasteiger charge is -1.98. The van der Waals surface area contributed by atoms with Gasteiger partial charge in [0.25, 0.3) is 0 Å². The predicted octanol–water partition coefficient (Wildman–Crippen LogP) is 3.16. The molecule has 4 nitrogen and oxygen atoms in total. The Morgan fingerprint density at radius 1 is 0.800 bits per heavy atom. The molecule has 0 saturated heterocycles. The summed E-state index contributed by atoms with van der Waals surface area (Å²) in [6.45, 7) is 0. The van der Waals surface area contributed by atoms with E-state index in [1.807, 2.05) is 42.5 Å². The zero-order chi connectivity index (χ0) is 13.5. The van der Waals surface area contributed by atoms with Crippen LogP contribution in [0.15, 0.2) is 60.7 Å². The van der Waals surface area contributed by atoms with Crippen molar-refractivity contribution in [2.24, 2.45) is 0 Å². The summed E-state index contributed by atoms with van der Waals surface area (Å²) in [5.74, 6) is 0. The van der Waals surface area contributed by atoms with E-state index < -0.39 is 0 Å².